The molecule has 2 aromatic heterocycles. The van der Waals surface area contributed by atoms with Crippen LogP contribution < -0.4 is 10.2 Å². The molecule has 8 nitrogen and oxygen atoms in total. The van der Waals surface area contributed by atoms with Crippen molar-refractivity contribution in [3.8, 4) is 12.3 Å². The molecule has 3 aliphatic rings. The molecule has 0 amide bonds. The molecule has 8 heteroatoms. The van der Waals surface area contributed by atoms with E-state index in [1.807, 2.05) is 0 Å². The van der Waals surface area contributed by atoms with Crippen molar-refractivity contribution in [1.82, 2.24) is 19.5 Å². The second kappa shape index (κ2) is 10.7. The van der Waals surface area contributed by atoms with Gasteiger partial charge in [-0.2, -0.15) is 4.98 Å². The van der Waals surface area contributed by atoms with Crippen LogP contribution in [-0.4, -0.2) is 49.2 Å². The minimum absolute atomic E-state index is 0.192. The highest BCUT2D eigenvalue weighted by Gasteiger charge is 2.32. The molecule has 0 spiro atoms. The maximum atomic E-state index is 11.9. The van der Waals surface area contributed by atoms with Gasteiger partial charge in [0.2, 0.25) is 11.8 Å². The second-order valence-corrected chi connectivity index (χ2v) is 11.2. The fourth-order valence-electron chi connectivity index (χ4n) is 6.34. The van der Waals surface area contributed by atoms with Gasteiger partial charge in [0.15, 0.2) is 11.5 Å². The first-order valence-electron chi connectivity index (χ1n) is 14.0. The predicted molar refractivity (Wildman–Crippen MR) is 142 cm³/mol. The maximum absolute atomic E-state index is 11.9. The summed E-state index contributed by atoms with van der Waals surface area (Å²) in [6.07, 6.45) is 18.3. The summed E-state index contributed by atoms with van der Waals surface area (Å²) in [5.41, 5.74) is 1.33. The topological polar surface area (TPSA) is 96.2 Å². The van der Waals surface area contributed by atoms with Gasteiger partial charge in [-0.3, -0.25) is 0 Å². The lowest BCUT2D eigenvalue weighted by molar-refractivity contribution is 0.0684. The molecule has 3 heterocycles. The van der Waals surface area contributed by atoms with E-state index in [0.717, 1.165) is 69.5 Å². The van der Waals surface area contributed by atoms with E-state index in [9.17, 15) is 9.90 Å². The first kappa shape index (κ1) is 24.9. The van der Waals surface area contributed by atoms with E-state index in [1.54, 1.807) is 0 Å². The summed E-state index contributed by atoms with van der Waals surface area (Å²) in [6.45, 7) is 6.22. The highest BCUT2D eigenvalue weighted by molar-refractivity contribution is 5.91. The lowest BCUT2D eigenvalue weighted by Gasteiger charge is -2.37. The van der Waals surface area contributed by atoms with Crippen LogP contribution in [0.15, 0.2) is 0 Å². The number of piperidine rings is 1. The number of imidazole rings is 1. The Bertz CT molecular complexity index is 1130. The fourth-order valence-corrected chi connectivity index (χ4v) is 6.34. The van der Waals surface area contributed by atoms with E-state index >= 15 is 0 Å². The molecule has 0 radical (unpaired) electrons. The van der Waals surface area contributed by atoms with E-state index in [0.29, 0.717) is 35.3 Å². The third kappa shape index (κ3) is 4.89. The second-order valence-electron chi connectivity index (χ2n) is 11.2. The van der Waals surface area contributed by atoms with Crippen molar-refractivity contribution in [3.63, 3.8) is 0 Å². The van der Waals surface area contributed by atoms with Crippen LogP contribution in [0.3, 0.4) is 0 Å². The lowest BCUT2D eigenvalue weighted by Crippen LogP contribution is -2.41. The normalized spacial score (nSPS) is 25.8. The molecule has 2 saturated carbocycles. The summed E-state index contributed by atoms with van der Waals surface area (Å²) >= 11 is 0. The number of carbonyl (C=O) groups is 1. The Morgan fingerprint density at radius 2 is 1.89 bits per heavy atom. The van der Waals surface area contributed by atoms with Crippen LogP contribution in [0.1, 0.15) is 95.1 Å². The van der Waals surface area contributed by atoms with E-state index < -0.39 is 5.97 Å². The summed E-state index contributed by atoms with van der Waals surface area (Å²) in [5.74, 6) is 4.64. The van der Waals surface area contributed by atoms with Gasteiger partial charge in [0.25, 0.3) is 0 Å². The Morgan fingerprint density at radius 1 is 1.11 bits per heavy atom. The maximum Gasteiger partial charge on any atom is 0.374 e. The zero-order chi connectivity index (χ0) is 25.2. The standard InChI is InChI=1S/C28H40N6O2/c1-4-19-12-14-20(15-13-19)17-34-23-24(29-18(3)21-9-8-10-21)30-26(27(35)36)31-25(23)32-28(34)33-16-7-6-11-22(33)5-2/h1,18-22H,5-17H2,2-3H3,(H,35,36)(H,29,30,31)/t18-,19?,20?,22?/m1/s1. The number of terminal acetylenes is 1. The highest BCUT2D eigenvalue weighted by atomic mass is 16.4. The zero-order valence-electron chi connectivity index (χ0n) is 21.7. The van der Waals surface area contributed by atoms with E-state index in [2.05, 4.69) is 44.5 Å². The van der Waals surface area contributed by atoms with Crippen LogP contribution in [0.5, 0.6) is 0 Å². The Kier molecular flexibility index (Phi) is 7.36. The predicted octanol–water partition coefficient (Wildman–Crippen LogP) is 5.33. The Balaban J connectivity index is 1.59. The molecule has 3 fully saturated rings. The lowest BCUT2D eigenvalue weighted by atomic mass is 9.80. The molecule has 5 rings (SSSR count). The van der Waals surface area contributed by atoms with Crippen molar-refractivity contribution < 1.29 is 9.90 Å². The van der Waals surface area contributed by atoms with Gasteiger partial charge in [0, 0.05) is 31.1 Å². The van der Waals surface area contributed by atoms with Crippen molar-refractivity contribution in [1.29, 1.82) is 0 Å². The number of carboxylic acids is 1. The smallest absolute Gasteiger partial charge is 0.374 e. The molecule has 1 aliphatic heterocycles. The SMILES string of the molecule is C#CC1CCC(Cn2c(N3CCCCC3CC)nc3nc(C(=O)O)nc(N[C@H](C)C4CCC4)c32)CC1. The molecule has 1 unspecified atom stereocenters. The summed E-state index contributed by atoms with van der Waals surface area (Å²) in [7, 11) is 0. The van der Waals surface area contributed by atoms with Crippen LogP contribution in [-0.2, 0) is 6.54 Å². The Morgan fingerprint density at radius 3 is 2.53 bits per heavy atom. The van der Waals surface area contributed by atoms with E-state index in [-0.39, 0.29) is 11.9 Å². The molecule has 194 valence electrons. The first-order chi connectivity index (χ1) is 17.5. The average molecular weight is 493 g/mol. The van der Waals surface area contributed by atoms with Crippen molar-refractivity contribution in [2.75, 3.05) is 16.8 Å². The Labute approximate surface area is 214 Å². The van der Waals surface area contributed by atoms with Crippen LogP contribution in [0.4, 0.5) is 11.8 Å². The van der Waals surface area contributed by atoms with E-state index in [1.165, 1.54) is 25.7 Å². The van der Waals surface area contributed by atoms with Crippen LogP contribution in [0, 0.1) is 30.1 Å². The van der Waals surface area contributed by atoms with Crippen molar-refractivity contribution >= 4 is 28.9 Å². The monoisotopic (exact) mass is 492 g/mol. The highest BCUT2D eigenvalue weighted by Crippen LogP contribution is 2.37. The molecule has 2 N–H and O–H groups in total. The molecular weight excluding hydrogens is 452 g/mol. The van der Waals surface area contributed by atoms with Gasteiger partial charge >= 0.3 is 5.97 Å². The number of aromatic nitrogens is 4. The van der Waals surface area contributed by atoms with Crippen molar-refractivity contribution in [3.05, 3.63) is 5.82 Å². The summed E-state index contributed by atoms with van der Waals surface area (Å²) in [6, 6.07) is 0.651. The molecule has 36 heavy (non-hydrogen) atoms. The zero-order valence-corrected chi connectivity index (χ0v) is 21.7. The quantitative estimate of drug-likeness (QED) is 0.481. The third-order valence-corrected chi connectivity index (χ3v) is 8.87. The number of carboxylic acid groups (broad SMARTS) is 1. The molecular formula is C28H40N6O2. The van der Waals surface area contributed by atoms with Gasteiger partial charge < -0.3 is 19.9 Å². The summed E-state index contributed by atoms with van der Waals surface area (Å²) in [5, 5.41) is 13.4. The van der Waals surface area contributed by atoms with Crippen LogP contribution in [0.2, 0.25) is 0 Å². The molecule has 0 bridgehead atoms. The number of anilines is 2. The van der Waals surface area contributed by atoms with Crippen LogP contribution in [0.25, 0.3) is 11.2 Å². The van der Waals surface area contributed by atoms with E-state index in [4.69, 9.17) is 11.4 Å². The number of hydrogen-bond acceptors (Lipinski definition) is 6. The number of nitrogens with one attached hydrogen (secondary N) is 1. The molecule has 2 aromatic rings. The Hall–Kier alpha value is -2.82. The minimum Gasteiger partial charge on any atom is -0.475 e. The van der Waals surface area contributed by atoms with Gasteiger partial charge in [0.05, 0.1) is 0 Å². The summed E-state index contributed by atoms with van der Waals surface area (Å²) in [4.78, 5) is 28.4. The van der Waals surface area contributed by atoms with Gasteiger partial charge in [-0.25, -0.2) is 14.8 Å². The molecule has 0 aromatic carbocycles. The number of aromatic carboxylic acids is 1. The number of hydrogen-bond donors (Lipinski definition) is 2. The van der Waals surface area contributed by atoms with Gasteiger partial charge in [-0.05, 0) is 83.0 Å². The number of fused-ring (bicyclic) bond motifs is 1. The number of rotatable bonds is 8. The first-order valence-corrected chi connectivity index (χ1v) is 14.0. The molecule has 1 saturated heterocycles. The number of nitrogens with zero attached hydrogens (tertiary/aromatic N) is 5. The summed E-state index contributed by atoms with van der Waals surface area (Å²) < 4.78 is 2.31. The average Bonchev–Trinajstić information content (AvgIpc) is 3.21. The minimum atomic E-state index is -1.12. The van der Waals surface area contributed by atoms with Crippen molar-refractivity contribution in [2.24, 2.45) is 17.8 Å². The fraction of sp³-hybridized carbons (Fsp3) is 0.714. The van der Waals surface area contributed by atoms with Gasteiger partial charge in [0.1, 0.15) is 5.52 Å². The van der Waals surface area contributed by atoms with Gasteiger partial charge in [-0.15, -0.1) is 12.3 Å². The third-order valence-electron chi connectivity index (χ3n) is 8.87. The molecule has 2 aliphatic carbocycles. The molecule has 2 atom stereocenters. The largest absolute Gasteiger partial charge is 0.475 e. The van der Waals surface area contributed by atoms with Crippen LogP contribution >= 0.6 is 0 Å². The van der Waals surface area contributed by atoms with Gasteiger partial charge in [-0.1, -0.05) is 13.3 Å². The van der Waals surface area contributed by atoms with Crippen molar-refractivity contribution in [2.45, 2.75) is 103 Å².